The predicted molar refractivity (Wildman–Crippen MR) is 56.5 cm³/mol. The third kappa shape index (κ3) is 2.85. The molecule has 1 unspecified atom stereocenters. The van der Waals surface area contributed by atoms with E-state index in [4.69, 9.17) is 22.4 Å². The standard InChI is InChI=1S/C9H12N2O2S/c1-6(8(10)14)9(12)11-4-7-2-3-13-5-7/h2-3,5-6H,4H2,1H3,(H2,10,14)(H,11,12). The highest BCUT2D eigenvalue weighted by Crippen LogP contribution is 2.00. The van der Waals surface area contributed by atoms with Crippen LogP contribution >= 0.6 is 12.2 Å². The van der Waals surface area contributed by atoms with Gasteiger partial charge >= 0.3 is 0 Å². The molecule has 3 N–H and O–H groups in total. The highest BCUT2D eigenvalue weighted by Gasteiger charge is 2.14. The predicted octanol–water partition coefficient (Wildman–Crippen LogP) is 0.818. The summed E-state index contributed by atoms with van der Waals surface area (Å²) >= 11 is 4.71. The van der Waals surface area contributed by atoms with Gasteiger partial charge in [-0.2, -0.15) is 0 Å². The second kappa shape index (κ2) is 4.76. The molecule has 14 heavy (non-hydrogen) atoms. The molecule has 0 aliphatic heterocycles. The van der Waals surface area contributed by atoms with Crippen LogP contribution in [0.25, 0.3) is 0 Å². The number of rotatable bonds is 4. The zero-order valence-corrected chi connectivity index (χ0v) is 8.64. The van der Waals surface area contributed by atoms with Crippen molar-refractivity contribution in [2.75, 3.05) is 0 Å². The van der Waals surface area contributed by atoms with E-state index < -0.39 is 5.92 Å². The van der Waals surface area contributed by atoms with Crippen molar-refractivity contribution in [3.05, 3.63) is 24.2 Å². The fourth-order valence-corrected chi connectivity index (χ4v) is 0.972. The summed E-state index contributed by atoms with van der Waals surface area (Å²) in [4.78, 5) is 11.6. The Balaban J connectivity index is 2.39. The molecule has 1 heterocycles. The first-order chi connectivity index (χ1) is 6.61. The van der Waals surface area contributed by atoms with Gasteiger partial charge in [0.05, 0.1) is 23.4 Å². The molecular weight excluding hydrogens is 200 g/mol. The topological polar surface area (TPSA) is 68.3 Å². The largest absolute Gasteiger partial charge is 0.472 e. The Bertz CT molecular complexity index is 322. The van der Waals surface area contributed by atoms with Crippen molar-refractivity contribution in [2.45, 2.75) is 13.5 Å². The minimum atomic E-state index is -0.433. The number of nitrogens with two attached hydrogens (primary N) is 1. The highest BCUT2D eigenvalue weighted by atomic mass is 32.1. The first-order valence-corrected chi connectivity index (χ1v) is 4.60. The second-order valence-corrected chi connectivity index (χ2v) is 3.44. The van der Waals surface area contributed by atoms with Crippen LogP contribution in [-0.4, -0.2) is 10.9 Å². The Hall–Kier alpha value is -1.36. The summed E-state index contributed by atoms with van der Waals surface area (Å²) in [5.74, 6) is -0.601. The lowest BCUT2D eigenvalue weighted by Crippen LogP contribution is -2.35. The van der Waals surface area contributed by atoms with Crippen LogP contribution in [0.1, 0.15) is 12.5 Å². The average Bonchev–Trinajstić information content (AvgIpc) is 2.65. The van der Waals surface area contributed by atoms with Crippen LogP contribution in [0.4, 0.5) is 0 Å². The van der Waals surface area contributed by atoms with E-state index in [1.807, 2.05) is 0 Å². The van der Waals surface area contributed by atoms with Crippen molar-refractivity contribution in [1.29, 1.82) is 0 Å². The van der Waals surface area contributed by atoms with Crippen LogP contribution in [0, 0.1) is 5.92 Å². The molecule has 0 fully saturated rings. The number of furan rings is 1. The smallest absolute Gasteiger partial charge is 0.229 e. The van der Waals surface area contributed by atoms with Crippen LogP contribution < -0.4 is 11.1 Å². The number of hydrogen-bond donors (Lipinski definition) is 2. The van der Waals surface area contributed by atoms with Gasteiger partial charge in [-0.15, -0.1) is 0 Å². The number of hydrogen-bond acceptors (Lipinski definition) is 3. The van der Waals surface area contributed by atoms with E-state index >= 15 is 0 Å². The van der Waals surface area contributed by atoms with Crippen molar-refractivity contribution in [3.63, 3.8) is 0 Å². The Labute approximate surface area is 87.5 Å². The van der Waals surface area contributed by atoms with Gasteiger partial charge in [0.2, 0.25) is 5.91 Å². The van der Waals surface area contributed by atoms with E-state index in [1.54, 1.807) is 25.5 Å². The van der Waals surface area contributed by atoms with Gasteiger partial charge < -0.3 is 15.5 Å². The molecule has 1 amide bonds. The molecule has 0 radical (unpaired) electrons. The van der Waals surface area contributed by atoms with Gasteiger partial charge in [0.25, 0.3) is 0 Å². The molecular formula is C9H12N2O2S. The molecule has 0 aromatic carbocycles. The highest BCUT2D eigenvalue weighted by molar-refractivity contribution is 7.80. The summed E-state index contributed by atoms with van der Waals surface area (Å²) < 4.78 is 4.85. The quantitative estimate of drug-likeness (QED) is 0.725. The Morgan fingerprint density at radius 3 is 3.00 bits per heavy atom. The van der Waals surface area contributed by atoms with Crippen molar-refractivity contribution >= 4 is 23.1 Å². The number of nitrogens with one attached hydrogen (secondary N) is 1. The van der Waals surface area contributed by atoms with Crippen molar-refractivity contribution in [2.24, 2.45) is 11.7 Å². The van der Waals surface area contributed by atoms with E-state index in [2.05, 4.69) is 5.32 Å². The molecule has 0 aliphatic rings. The SMILES string of the molecule is CC(C(=O)NCc1ccoc1)C(N)=S. The Kier molecular flexibility index (Phi) is 3.64. The van der Waals surface area contributed by atoms with Gasteiger partial charge in [-0.25, -0.2) is 0 Å². The van der Waals surface area contributed by atoms with Crippen LogP contribution in [0.3, 0.4) is 0 Å². The van der Waals surface area contributed by atoms with Crippen LogP contribution in [0.2, 0.25) is 0 Å². The van der Waals surface area contributed by atoms with Crippen molar-refractivity contribution < 1.29 is 9.21 Å². The van der Waals surface area contributed by atoms with Gasteiger partial charge in [0.15, 0.2) is 0 Å². The minimum Gasteiger partial charge on any atom is -0.472 e. The number of amides is 1. The fourth-order valence-electron chi connectivity index (χ4n) is 0.865. The first-order valence-electron chi connectivity index (χ1n) is 4.19. The maximum atomic E-state index is 11.4. The molecule has 5 heteroatoms. The van der Waals surface area contributed by atoms with E-state index in [0.29, 0.717) is 6.54 Å². The van der Waals surface area contributed by atoms with Gasteiger partial charge in [-0.1, -0.05) is 12.2 Å². The molecule has 0 saturated heterocycles. The van der Waals surface area contributed by atoms with Crippen molar-refractivity contribution in [3.8, 4) is 0 Å². The monoisotopic (exact) mass is 212 g/mol. The van der Waals surface area contributed by atoms with Gasteiger partial charge in [0, 0.05) is 12.1 Å². The third-order valence-electron chi connectivity index (χ3n) is 1.87. The average molecular weight is 212 g/mol. The second-order valence-electron chi connectivity index (χ2n) is 2.97. The molecule has 1 aromatic heterocycles. The van der Waals surface area contributed by atoms with Crippen LogP contribution in [0.15, 0.2) is 23.0 Å². The summed E-state index contributed by atoms with van der Waals surface area (Å²) in [6.07, 6.45) is 3.13. The molecule has 4 nitrogen and oxygen atoms in total. The Morgan fingerprint density at radius 1 is 1.79 bits per heavy atom. The van der Waals surface area contributed by atoms with E-state index in [1.165, 1.54) is 0 Å². The summed E-state index contributed by atoms with van der Waals surface area (Å²) in [7, 11) is 0. The number of carbonyl (C=O) groups is 1. The van der Waals surface area contributed by atoms with E-state index in [0.717, 1.165) is 5.56 Å². The lowest BCUT2D eigenvalue weighted by Gasteiger charge is -2.09. The van der Waals surface area contributed by atoms with Gasteiger partial charge in [-0.3, -0.25) is 4.79 Å². The maximum absolute atomic E-state index is 11.4. The lowest BCUT2D eigenvalue weighted by molar-refractivity contribution is -0.122. The maximum Gasteiger partial charge on any atom is 0.229 e. The first kappa shape index (κ1) is 10.7. The minimum absolute atomic E-state index is 0.168. The Morgan fingerprint density at radius 2 is 2.50 bits per heavy atom. The van der Waals surface area contributed by atoms with Gasteiger partial charge in [0.1, 0.15) is 0 Å². The molecule has 76 valence electrons. The van der Waals surface area contributed by atoms with Crippen molar-refractivity contribution in [1.82, 2.24) is 5.32 Å². The summed E-state index contributed by atoms with van der Waals surface area (Å²) in [6, 6.07) is 1.78. The summed E-state index contributed by atoms with van der Waals surface area (Å²) in [6.45, 7) is 2.11. The van der Waals surface area contributed by atoms with E-state index in [9.17, 15) is 4.79 Å². The molecule has 0 aliphatic carbocycles. The zero-order valence-electron chi connectivity index (χ0n) is 7.82. The molecule has 1 atom stereocenters. The van der Waals surface area contributed by atoms with Crippen LogP contribution in [0.5, 0.6) is 0 Å². The zero-order chi connectivity index (χ0) is 10.6. The van der Waals surface area contributed by atoms with E-state index in [-0.39, 0.29) is 10.9 Å². The fraction of sp³-hybridized carbons (Fsp3) is 0.333. The normalized spacial score (nSPS) is 12.1. The van der Waals surface area contributed by atoms with Crippen LogP contribution in [-0.2, 0) is 11.3 Å². The molecule has 0 bridgehead atoms. The number of carbonyl (C=O) groups excluding carboxylic acids is 1. The van der Waals surface area contributed by atoms with Gasteiger partial charge in [-0.05, 0) is 13.0 Å². The molecule has 1 aromatic rings. The molecule has 0 spiro atoms. The number of thiocarbonyl (C=S) groups is 1. The summed E-state index contributed by atoms with van der Waals surface area (Å²) in [5, 5.41) is 2.70. The third-order valence-corrected chi connectivity index (χ3v) is 2.22. The molecule has 0 saturated carbocycles. The summed E-state index contributed by atoms with van der Waals surface area (Å²) in [5.41, 5.74) is 6.25. The molecule has 1 rings (SSSR count). The lowest BCUT2D eigenvalue weighted by atomic mass is 10.1.